The molecular formula is C2H8N4. The third kappa shape index (κ3) is 1.54. The second-order valence-corrected chi connectivity index (χ2v) is 0.859. The Morgan fingerprint density at radius 1 is 1.83 bits per heavy atom. The zero-order valence-electron chi connectivity index (χ0n) is 3.60. The van der Waals surface area contributed by atoms with Gasteiger partial charge in [-0.3, -0.25) is 0 Å². The second-order valence-electron chi connectivity index (χ2n) is 0.859. The molecule has 0 aromatic carbocycles. The fourth-order valence-electron chi connectivity index (χ4n) is 0.0373. The van der Waals surface area contributed by atoms with Gasteiger partial charge in [0.2, 0.25) is 0 Å². The zero-order chi connectivity index (χ0) is 4.99. The van der Waals surface area contributed by atoms with Gasteiger partial charge in [0.1, 0.15) is 5.84 Å². The van der Waals surface area contributed by atoms with Crippen LogP contribution in [0.15, 0.2) is 5.10 Å². The average molecular weight is 88.1 g/mol. The maximum Gasteiger partial charge on any atom is 0.132 e. The molecule has 0 unspecified atom stereocenters. The van der Waals surface area contributed by atoms with Crippen LogP contribution >= 0.6 is 0 Å². The molecule has 0 radical (unpaired) electrons. The van der Waals surface area contributed by atoms with E-state index in [1.54, 1.807) is 6.92 Å². The van der Waals surface area contributed by atoms with Crippen molar-refractivity contribution in [3.8, 4) is 0 Å². The lowest BCUT2D eigenvalue weighted by Crippen LogP contribution is -2.28. The number of hydrogen-bond donors (Lipinski definition) is 3. The van der Waals surface area contributed by atoms with Crippen molar-refractivity contribution >= 4 is 5.84 Å². The van der Waals surface area contributed by atoms with Crippen LogP contribution in [0.4, 0.5) is 0 Å². The lowest BCUT2D eigenvalue weighted by Gasteiger charge is -1.89. The zero-order valence-corrected chi connectivity index (χ0v) is 3.60. The van der Waals surface area contributed by atoms with E-state index in [-0.39, 0.29) is 0 Å². The Hall–Kier alpha value is -0.770. The smallest absolute Gasteiger partial charge is 0.132 e. The van der Waals surface area contributed by atoms with E-state index >= 15 is 0 Å². The first-order valence-electron chi connectivity index (χ1n) is 1.52. The maximum atomic E-state index is 4.82. The van der Waals surface area contributed by atoms with E-state index in [0.29, 0.717) is 5.84 Å². The third-order valence-corrected chi connectivity index (χ3v) is 0.403. The van der Waals surface area contributed by atoms with E-state index in [1.807, 2.05) is 0 Å². The molecule has 0 fully saturated rings. The minimum absolute atomic E-state index is 0.523. The highest BCUT2D eigenvalue weighted by Crippen LogP contribution is 1.52. The molecule has 0 bridgehead atoms. The summed E-state index contributed by atoms with van der Waals surface area (Å²) in [6.07, 6.45) is 0. The Bertz CT molecular complexity index is 56.6. The van der Waals surface area contributed by atoms with Gasteiger partial charge in [0.05, 0.1) is 0 Å². The molecule has 0 amide bonds. The number of hydrogen-bond acceptors (Lipinski definition) is 3. The van der Waals surface area contributed by atoms with E-state index in [9.17, 15) is 0 Å². The van der Waals surface area contributed by atoms with E-state index in [2.05, 4.69) is 10.5 Å². The fraction of sp³-hybridized carbons (Fsp3) is 0.500. The number of hydrazine groups is 1. The Labute approximate surface area is 36.2 Å². The summed E-state index contributed by atoms with van der Waals surface area (Å²) < 4.78 is 0. The minimum Gasteiger partial charge on any atom is -0.322 e. The van der Waals surface area contributed by atoms with Gasteiger partial charge < -0.3 is 11.3 Å². The lowest BCUT2D eigenvalue weighted by molar-refractivity contribution is 0.995. The Kier molecular flexibility index (Phi) is 2.15. The van der Waals surface area contributed by atoms with Crippen molar-refractivity contribution < 1.29 is 0 Å². The molecular weight excluding hydrogens is 80.0 g/mol. The monoisotopic (exact) mass is 88.1 g/mol. The summed E-state index contributed by atoms with van der Waals surface area (Å²) in [7, 11) is 0. The highest BCUT2D eigenvalue weighted by atomic mass is 15.3. The maximum absolute atomic E-state index is 4.82. The molecule has 6 heavy (non-hydrogen) atoms. The minimum atomic E-state index is 0.523. The van der Waals surface area contributed by atoms with Crippen LogP contribution in [0.1, 0.15) is 6.92 Å². The summed E-state index contributed by atoms with van der Waals surface area (Å²) in [5.74, 6) is 10.1. The first kappa shape index (κ1) is 5.23. The van der Waals surface area contributed by atoms with E-state index in [0.717, 1.165) is 0 Å². The lowest BCUT2D eigenvalue weighted by atomic mass is 10.7. The highest BCUT2D eigenvalue weighted by molar-refractivity contribution is 5.78. The molecule has 0 saturated heterocycles. The molecule has 0 spiro atoms. The van der Waals surface area contributed by atoms with E-state index < -0.39 is 0 Å². The van der Waals surface area contributed by atoms with Gasteiger partial charge in [-0.1, -0.05) is 0 Å². The molecule has 0 aliphatic rings. The molecule has 0 aromatic rings. The SMILES string of the molecule is C/C(=N/N)NN. The van der Waals surface area contributed by atoms with Gasteiger partial charge in [-0.15, -0.1) is 0 Å². The predicted octanol–water partition coefficient (Wildman–Crippen LogP) is -1.26. The van der Waals surface area contributed by atoms with Crippen molar-refractivity contribution in [3.63, 3.8) is 0 Å². The largest absolute Gasteiger partial charge is 0.322 e. The van der Waals surface area contributed by atoms with Crippen LogP contribution < -0.4 is 17.1 Å². The summed E-state index contributed by atoms with van der Waals surface area (Å²) in [6.45, 7) is 1.67. The summed E-state index contributed by atoms with van der Waals surface area (Å²) in [4.78, 5) is 0. The number of nitrogens with zero attached hydrogens (tertiary/aromatic N) is 1. The molecule has 5 N–H and O–H groups in total. The predicted molar refractivity (Wildman–Crippen MR) is 24.6 cm³/mol. The Morgan fingerprint density at radius 3 is 2.33 bits per heavy atom. The topological polar surface area (TPSA) is 76.4 Å². The van der Waals surface area contributed by atoms with Gasteiger partial charge in [-0.2, -0.15) is 5.10 Å². The van der Waals surface area contributed by atoms with Crippen molar-refractivity contribution in [3.05, 3.63) is 0 Å². The van der Waals surface area contributed by atoms with Gasteiger partial charge in [-0.25, -0.2) is 5.84 Å². The van der Waals surface area contributed by atoms with E-state index in [1.165, 1.54) is 0 Å². The van der Waals surface area contributed by atoms with Crippen molar-refractivity contribution in [2.75, 3.05) is 0 Å². The molecule has 36 valence electrons. The molecule has 0 heterocycles. The highest BCUT2D eigenvalue weighted by Gasteiger charge is 1.73. The Morgan fingerprint density at radius 2 is 2.33 bits per heavy atom. The summed E-state index contributed by atoms with van der Waals surface area (Å²) in [5, 5.41) is 3.19. The molecule has 0 aliphatic carbocycles. The van der Waals surface area contributed by atoms with Crippen LogP contribution in [0.3, 0.4) is 0 Å². The van der Waals surface area contributed by atoms with Crippen molar-refractivity contribution in [2.45, 2.75) is 6.92 Å². The first-order valence-corrected chi connectivity index (χ1v) is 1.52. The first-order chi connectivity index (χ1) is 2.81. The number of nitrogens with two attached hydrogens (primary N) is 2. The summed E-state index contributed by atoms with van der Waals surface area (Å²) in [5.41, 5.74) is 2.24. The van der Waals surface area contributed by atoms with Crippen molar-refractivity contribution in [1.29, 1.82) is 0 Å². The number of rotatable bonds is 0. The fourth-order valence-corrected chi connectivity index (χ4v) is 0.0373. The van der Waals surface area contributed by atoms with Gasteiger partial charge in [-0.05, 0) is 6.92 Å². The van der Waals surface area contributed by atoms with Crippen molar-refractivity contribution in [2.24, 2.45) is 16.8 Å². The van der Waals surface area contributed by atoms with E-state index in [4.69, 9.17) is 11.7 Å². The molecule has 0 atom stereocenters. The van der Waals surface area contributed by atoms with Crippen molar-refractivity contribution in [1.82, 2.24) is 5.43 Å². The van der Waals surface area contributed by atoms with Crippen LogP contribution in [-0.2, 0) is 0 Å². The van der Waals surface area contributed by atoms with Crippen LogP contribution in [0, 0.1) is 0 Å². The van der Waals surface area contributed by atoms with Crippen LogP contribution in [0.25, 0.3) is 0 Å². The normalized spacial score (nSPS) is 11.3. The number of nitrogens with one attached hydrogen (secondary N) is 1. The van der Waals surface area contributed by atoms with Crippen LogP contribution in [0.5, 0.6) is 0 Å². The van der Waals surface area contributed by atoms with Gasteiger partial charge >= 0.3 is 0 Å². The van der Waals surface area contributed by atoms with Crippen LogP contribution in [0.2, 0.25) is 0 Å². The molecule has 4 nitrogen and oxygen atoms in total. The van der Waals surface area contributed by atoms with Gasteiger partial charge in [0, 0.05) is 0 Å². The Balaban J connectivity index is 3.22. The summed E-state index contributed by atoms with van der Waals surface area (Å²) >= 11 is 0. The number of hydrazone groups is 1. The average Bonchev–Trinajstić information content (AvgIpc) is 1.65. The molecule has 0 aliphatic heterocycles. The number of amidine groups is 1. The molecule has 0 saturated carbocycles. The molecule has 0 rings (SSSR count). The third-order valence-electron chi connectivity index (χ3n) is 0.403. The standard InChI is InChI=1S/C2H8N4/c1-2(5-3)6-4/h3-4H2,1H3,(H,5,6). The quantitative estimate of drug-likeness (QED) is 0.150. The second kappa shape index (κ2) is 2.47. The van der Waals surface area contributed by atoms with Crippen LogP contribution in [-0.4, -0.2) is 5.84 Å². The molecule has 0 aromatic heterocycles. The molecule has 4 heteroatoms. The van der Waals surface area contributed by atoms with Gasteiger partial charge in [0.25, 0.3) is 0 Å². The summed E-state index contributed by atoms with van der Waals surface area (Å²) in [6, 6.07) is 0. The van der Waals surface area contributed by atoms with Gasteiger partial charge in [0.15, 0.2) is 0 Å².